The lowest BCUT2D eigenvalue weighted by atomic mass is 10.1. The lowest BCUT2D eigenvalue weighted by Crippen LogP contribution is -2.28. The van der Waals surface area contributed by atoms with Crippen molar-refractivity contribution in [1.29, 1.82) is 0 Å². The third kappa shape index (κ3) is 4.46. The molecular weight excluding hydrogens is 452 g/mol. The number of thioether (sulfide) groups is 1. The van der Waals surface area contributed by atoms with Gasteiger partial charge in [-0.05, 0) is 35.4 Å². The van der Waals surface area contributed by atoms with Gasteiger partial charge in [-0.2, -0.15) is 0 Å². The molecule has 0 atom stereocenters. The van der Waals surface area contributed by atoms with E-state index in [0.29, 0.717) is 34.2 Å². The molecule has 0 spiro atoms. The summed E-state index contributed by atoms with van der Waals surface area (Å²) in [6.45, 7) is 0.408. The molecule has 0 unspecified atom stereocenters. The molecule has 4 aromatic rings. The average Bonchev–Trinajstić information content (AvgIpc) is 3.21. The van der Waals surface area contributed by atoms with E-state index in [1.165, 1.54) is 23.9 Å². The van der Waals surface area contributed by atoms with E-state index >= 15 is 0 Å². The standard InChI is InChI=1S/C25H18N4O4S/c30-23-16-34-25(28(23)15-17-6-2-1-3-7-17)27-26-24-21(14-19-8-4-5-9-22(19)33-24)18-10-12-20(13-11-18)29(31)32/h1-14H,15-16H2/b26-24+,27-25+. The van der Waals surface area contributed by atoms with Crippen molar-refractivity contribution in [2.75, 3.05) is 5.75 Å². The number of rotatable bonds is 5. The first-order valence-corrected chi connectivity index (χ1v) is 11.4. The second kappa shape index (κ2) is 9.32. The molecule has 1 fully saturated rings. The number of hydrogen-bond donors (Lipinski definition) is 0. The zero-order chi connectivity index (χ0) is 23.5. The molecule has 34 heavy (non-hydrogen) atoms. The smallest absolute Gasteiger partial charge is 0.269 e. The maximum absolute atomic E-state index is 12.5. The van der Waals surface area contributed by atoms with Crippen LogP contribution in [0, 0.1) is 10.1 Å². The number of para-hydroxylation sites is 1. The number of non-ortho nitro benzene ring substituents is 1. The first-order valence-electron chi connectivity index (χ1n) is 10.4. The number of nitrogens with zero attached hydrogens (tertiary/aromatic N) is 4. The van der Waals surface area contributed by atoms with E-state index in [1.807, 2.05) is 60.7 Å². The molecule has 3 aromatic carbocycles. The highest BCUT2D eigenvalue weighted by molar-refractivity contribution is 8.15. The van der Waals surface area contributed by atoms with Gasteiger partial charge < -0.3 is 4.42 Å². The fourth-order valence-electron chi connectivity index (χ4n) is 3.59. The van der Waals surface area contributed by atoms with Crippen molar-refractivity contribution in [3.63, 3.8) is 0 Å². The molecular formula is C25H18N4O4S. The van der Waals surface area contributed by atoms with Gasteiger partial charge in [0, 0.05) is 23.1 Å². The number of carbonyl (C=O) groups is 1. The molecule has 0 bridgehead atoms. The van der Waals surface area contributed by atoms with Crippen molar-refractivity contribution < 1.29 is 14.1 Å². The molecule has 1 aliphatic heterocycles. The molecule has 9 heteroatoms. The van der Waals surface area contributed by atoms with Gasteiger partial charge in [-0.15, -0.1) is 10.2 Å². The summed E-state index contributed by atoms with van der Waals surface area (Å²) in [6, 6.07) is 25.3. The number of amidine groups is 1. The number of amides is 1. The average molecular weight is 471 g/mol. The van der Waals surface area contributed by atoms with Crippen molar-refractivity contribution in [2.24, 2.45) is 10.2 Å². The van der Waals surface area contributed by atoms with Crippen LogP contribution in [0.25, 0.3) is 22.1 Å². The Kier molecular flexibility index (Phi) is 5.92. The van der Waals surface area contributed by atoms with Gasteiger partial charge in [-0.3, -0.25) is 19.8 Å². The summed E-state index contributed by atoms with van der Waals surface area (Å²) in [4.78, 5) is 24.7. The summed E-state index contributed by atoms with van der Waals surface area (Å²) >= 11 is 1.32. The van der Waals surface area contributed by atoms with Crippen LogP contribution in [-0.2, 0) is 11.3 Å². The Morgan fingerprint density at radius 1 is 0.971 bits per heavy atom. The fourth-order valence-corrected chi connectivity index (χ4v) is 4.42. The van der Waals surface area contributed by atoms with Crippen LogP contribution in [0.1, 0.15) is 5.56 Å². The predicted octanol–water partition coefficient (Wildman–Crippen LogP) is 4.96. The minimum Gasteiger partial charge on any atom is -0.436 e. The van der Waals surface area contributed by atoms with Crippen molar-refractivity contribution in [1.82, 2.24) is 4.90 Å². The minimum atomic E-state index is -0.443. The first-order chi connectivity index (χ1) is 16.6. The van der Waals surface area contributed by atoms with Crippen LogP contribution in [-0.4, -0.2) is 26.7 Å². The largest absolute Gasteiger partial charge is 0.436 e. The molecule has 168 valence electrons. The van der Waals surface area contributed by atoms with Gasteiger partial charge in [-0.1, -0.05) is 60.3 Å². The molecule has 1 aromatic heterocycles. The van der Waals surface area contributed by atoms with Crippen molar-refractivity contribution in [2.45, 2.75) is 6.54 Å². The van der Waals surface area contributed by atoms with E-state index in [-0.39, 0.29) is 17.1 Å². The van der Waals surface area contributed by atoms with Gasteiger partial charge in [0.05, 0.1) is 17.2 Å². The lowest BCUT2D eigenvalue weighted by molar-refractivity contribution is -0.384. The van der Waals surface area contributed by atoms with Gasteiger partial charge >= 0.3 is 0 Å². The van der Waals surface area contributed by atoms with Gasteiger partial charge in [0.1, 0.15) is 5.58 Å². The number of hydrogen-bond acceptors (Lipinski definition) is 7. The monoisotopic (exact) mass is 470 g/mol. The van der Waals surface area contributed by atoms with E-state index in [0.717, 1.165) is 10.9 Å². The predicted molar refractivity (Wildman–Crippen MR) is 131 cm³/mol. The van der Waals surface area contributed by atoms with Crippen LogP contribution < -0.4 is 5.55 Å². The van der Waals surface area contributed by atoms with Crippen LogP contribution in [0.5, 0.6) is 0 Å². The molecule has 0 saturated carbocycles. The van der Waals surface area contributed by atoms with Crippen LogP contribution in [0.2, 0.25) is 0 Å². The van der Waals surface area contributed by atoms with Crippen LogP contribution >= 0.6 is 11.8 Å². The van der Waals surface area contributed by atoms with E-state index in [2.05, 4.69) is 10.2 Å². The van der Waals surface area contributed by atoms with E-state index in [9.17, 15) is 14.9 Å². The minimum absolute atomic E-state index is 0.00219. The highest BCUT2D eigenvalue weighted by atomic mass is 32.2. The first kappa shape index (κ1) is 21.6. The molecule has 1 saturated heterocycles. The molecule has 0 radical (unpaired) electrons. The Morgan fingerprint density at radius 2 is 1.71 bits per heavy atom. The highest BCUT2D eigenvalue weighted by Crippen LogP contribution is 2.25. The number of fused-ring (bicyclic) bond motifs is 1. The van der Waals surface area contributed by atoms with Crippen LogP contribution in [0.3, 0.4) is 0 Å². The summed E-state index contributed by atoms with van der Waals surface area (Å²) in [7, 11) is 0. The van der Waals surface area contributed by atoms with Gasteiger partial charge in [0.25, 0.3) is 5.69 Å². The Balaban J connectivity index is 1.58. The summed E-state index contributed by atoms with van der Waals surface area (Å²) in [5.41, 5.74) is 3.21. The van der Waals surface area contributed by atoms with E-state index in [1.54, 1.807) is 17.0 Å². The number of benzene rings is 3. The fraction of sp³-hybridized carbons (Fsp3) is 0.0800. The van der Waals surface area contributed by atoms with E-state index < -0.39 is 4.92 Å². The zero-order valence-electron chi connectivity index (χ0n) is 17.8. The Bertz CT molecular complexity index is 1480. The number of carbonyl (C=O) groups excluding carboxylic acids is 1. The van der Waals surface area contributed by atoms with Crippen LogP contribution in [0.15, 0.2) is 99.5 Å². The normalized spacial score (nSPS) is 15.4. The van der Waals surface area contributed by atoms with Gasteiger partial charge in [0.2, 0.25) is 11.5 Å². The van der Waals surface area contributed by atoms with Crippen LogP contribution in [0.4, 0.5) is 5.69 Å². The Labute approximate surface area is 198 Å². The van der Waals surface area contributed by atoms with Crippen molar-refractivity contribution >= 4 is 39.5 Å². The third-order valence-corrected chi connectivity index (χ3v) is 6.26. The molecule has 0 N–H and O–H groups in total. The van der Waals surface area contributed by atoms with Crippen molar-refractivity contribution in [3.05, 3.63) is 106 Å². The van der Waals surface area contributed by atoms with Crippen molar-refractivity contribution in [3.8, 4) is 11.1 Å². The summed E-state index contributed by atoms with van der Waals surface area (Å²) < 4.78 is 6.04. The summed E-state index contributed by atoms with van der Waals surface area (Å²) in [5, 5.41) is 21.1. The molecule has 2 heterocycles. The topological polar surface area (TPSA) is 101 Å². The summed E-state index contributed by atoms with van der Waals surface area (Å²) in [5.74, 6) is 0.263. The maximum Gasteiger partial charge on any atom is 0.269 e. The molecule has 1 amide bonds. The number of nitro benzene ring substituents is 1. The Morgan fingerprint density at radius 3 is 2.47 bits per heavy atom. The highest BCUT2D eigenvalue weighted by Gasteiger charge is 2.28. The van der Waals surface area contributed by atoms with E-state index in [4.69, 9.17) is 4.42 Å². The quantitative estimate of drug-likeness (QED) is 0.303. The van der Waals surface area contributed by atoms with Gasteiger partial charge in [-0.25, -0.2) is 0 Å². The molecule has 8 nitrogen and oxygen atoms in total. The molecule has 5 rings (SSSR count). The Hall–Kier alpha value is -4.24. The second-order valence-electron chi connectivity index (χ2n) is 7.54. The molecule has 1 aliphatic rings. The number of nitro groups is 1. The molecule has 0 aliphatic carbocycles. The van der Waals surface area contributed by atoms with Gasteiger partial charge in [0.15, 0.2) is 5.17 Å². The SMILES string of the molecule is O=C1CS/C(=N/N=c2/oc3ccccc3cc2-c2ccc([N+](=O)[O-])cc2)N1Cc1ccccc1. The third-order valence-electron chi connectivity index (χ3n) is 5.31. The zero-order valence-corrected chi connectivity index (χ0v) is 18.6. The second-order valence-corrected chi connectivity index (χ2v) is 8.49. The summed E-state index contributed by atoms with van der Waals surface area (Å²) in [6.07, 6.45) is 0. The lowest BCUT2D eigenvalue weighted by Gasteiger charge is -2.14. The maximum atomic E-state index is 12.5.